The van der Waals surface area contributed by atoms with Crippen LogP contribution in [0.15, 0.2) is 41.7 Å². The molecule has 1 aliphatic heterocycles. The number of alkyl carbamates (subject to hydrolysis) is 1. The standard InChI is InChI=1S/C32H45N5O9S/c1-9-14-32(8,28(40)36-47(42,43)20-10-11-20)35-25(38)22-17-19(45-26-21-13-16-44-23(21)12-15-33-26)18-37(22)27(39)24(30(2,3)4)34-29(41)46-31(5,6)7/h9,12-13,15-16,19-20,22,24H,1,10-11,14,17-18H2,2-8H3,(H,34,41)(H,35,38)(H,36,40)/t19-,22+,24-,32-/m1/s1. The van der Waals surface area contributed by atoms with Crippen LogP contribution in [-0.4, -0.2) is 83.2 Å². The van der Waals surface area contributed by atoms with Crippen LogP contribution in [0, 0.1) is 5.41 Å². The lowest BCUT2D eigenvalue weighted by Crippen LogP contribution is -2.62. The number of nitrogens with one attached hydrogen (secondary N) is 3. The Hall–Kier alpha value is -4.14. The number of carbonyl (C=O) groups excluding carboxylic acids is 4. The maximum absolute atomic E-state index is 14.3. The van der Waals surface area contributed by atoms with Crippen molar-refractivity contribution in [1.82, 2.24) is 25.2 Å². The van der Waals surface area contributed by atoms with Crippen LogP contribution in [0.4, 0.5) is 4.79 Å². The van der Waals surface area contributed by atoms with Crippen molar-refractivity contribution in [2.75, 3.05) is 6.54 Å². The first-order chi connectivity index (χ1) is 21.7. The fourth-order valence-corrected chi connectivity index (χ4v) is 6.69. The van der Waals surface area contributed by atoms with Crippen LogP contribution < -0.4 is 20.1 Å². The summed E-state index contributed by atoms with van der Waals surface area (Å²) >= 11 is 0. The maximum Gasteiger partial charge on any atom is 0.408 e. The van der Waals surface area contributed by atoms with Gasteiger partial charge in [-0.25, -0.2) is 18.2 Å². The summed E-state index contributed by atoms with van der Waals surface area (Å²) in [6.45, 7) is 15.4. The van der Waals surface area contributed by atoms with E-state index in [4.69, 9.17) is 13.9 Å². The molecule has 1 saturated carbocycles. The molecule has 2 aromatic heterocycles. The van der Waals surface area contributed by atoms with Crippen LogP contribution in [0.5, 0.6) is 5.88 Å². The van der Waals surface area contributed by atoms with Crippen LogP contribution >= 0.6 is 0 Å². The summed E-state index contributed by atoms with van der Waals surface area (Å²) in [5.41, 5.74) is -2.81. The highest BCUT2D eigenvalue weighted by molar-refractivity contribution is 7.90. The van der Waals surface area contributed by atoms with Gasteiger partial charge in [0.2, 0.25) is 27.7 Å². The molecule has 4 amide bonds. The van der Waals surface area contributed by atoms with Gasteiger partial charge in [-0.2, -0.15) is 0 Å². The van der Waals surface area contributed by atoms with Crippen molar-refractivity contribution in [2.24, 2.45) is 5.41 Å². The first kappa shape index (κ1) is 35.7. The maximum atomic E-state index is 14.3. The Bertz CT molecular complexity index is 1640. The lowest BCUT2D eigenvalue weighted by atomic mass is 9.85. The Morgan fingerprint density at radius 1 is 1.13 bits per heavy atom. The first-order valence-electron chi connectivity index (χ1n) is 15.5. The summed E-state index contributed by atoms with van der Waals surface area (Å²) in [4.78, 5) is 60.1. The molecule has 1 aliphatic carbocycles. The fraction of sp³-hybridized carbons (Fsp3) is 0.594. The minimum Gasteiger partial charge on any atom is -0.472 e. The number of furan rings is 1. The Kier molecular flexibility index (Phi) is 10.0. The van der Waals surface area contributed by atoms with Crippen molar-refractivity contribution in [2.45, 2.75) is 109 Å². The summed E-state index contributed by atoms with van der Waals surface area (Å²) in [5, 5.41) is 5.30. The number of sulfonamides is 1. The molecule has 0 aromatic carbocycles. The number of pyridine rings is 1. The zero-order valence-electron chi connectivity index (χ0n) is 27.9. The van der Waals surface area contributed by atoms with E-state index in [1.54, 1.807) is 53.7 Å². The molecule has 3 heterocycles. The highest BCUT2D eigenvalue weighted by Gasteiger charge is 2.48. The van der Waals surface area contributed by atoms with Gasteiger partial charge in [-0.1, -0.05) is 26.8 Å². The van der Waals surface area contributed by atoms with E-state index in [2.05, 4.69) is 26.9 Å². The smallest absolute Gasteiger partial charge is 0.408 e. The summed E-state index contributed by atoms with van der Waals surface area (Å²) in [6.07, 6.45) is 3.67. The van der Waals surface area contributed by atoms with Crippen molar-refractivity contribution in [3.63, 3.8) is 0 Å². The molecular weight excluding hydrogens is 630 g/mol. The van der Waals surface area contributed by atoms with Crippen LogP contribution in [0.3, 0.4) is 0 Å². The Balaban J connectivity index is 1.64. The van der Waals surface area contributed by atoms with E-state index in [0.29, 0.717) is 23.8 Å². The van der Waals surface area contributed by atoms with Gasteiger partial charge >= 0.3 is 6.09 Å². The second-order valence-electron chi connectivity index (χ2n) is 14.4. The van der Waals surface area contributed by atoms with Crippen molar-refractivity contribution in [3.05, 3.63) is 37.2 Å². The molecule has 2 aromatic rings. The minimum atomic E-state index is -3.91. The molecule has 47 heavy (non-hydrogen) atoms. The molecule has 258 valence electrons. The Morgan fingerprint density at radius 3 is 2.40 bits per heavy atom. The van der Waals surface area contributed by atoms with Crippen molar-refractivity contribution >= 4 is 44.8 Å². The average Bonchev–Trinajstić information content (AvgIpc) is 3.55. The van der Waals surface area contributed by atoms with Gasteiger partial charge in [-0.05, 0) is 64.5 Å². The molecule has 4 rings (SSSR count). The second kappa shape index (κ2) is 13.2. The first-order valence-corrected chi connectivity index (χ1v) is 17.1. The number of likely N-dealkylation sites (tertiary alicyclic amines) is 1. The number of carbonyl (C=O) groups is 4. The van der Waals surface area contributed by atoms with Crippen molar-refractivity contribution in [1.29, 1.82) is 0 Å². The fourth-order valence-electron chi connectivity index (χ4n) is 5.28. The number of amides is 4. The van der Waals surface area contributed by atoms with E-state index in [-0.39, 0.29) is 25.3 Å². The Morgan fingerprint density at radius 2 is 1.81 bits per heavy atom. The molecule has 14 nitrogen and oxygen atoms in total. The third kappa shape index (κ3) is 8.62. The molecule has 0 unspecified atom stereocenters. The average molecular weight is 676 g/mol. The highest BCUT2D eigenvalue weighted by Crippen LogP contribution is 2.32. The lowest BCUT2D eigenvalue weighted by Gasteiger charge is -2.36. The molecule has 15 heteroatoms. The van der Waals surface area contributed by atoms with Crippen molar-refractivity contribution < 1.29 is 41.5 Å². The van der Waals surface area contributed by atoms with Gasteiger partial charge < -0.3 is 29.4 Å². The van der Waals surface area contributed by atoms with E-state index >= 15 is 0 Å². The molecule has 2 aliphatic rings. The molecule has 0 radical (unpaired) electrons. The number of nitrogens with zero attached hydrogens (tertiary/aromatic N) is 2. The molecule has 4 atom stereocenters. The van der Waals surface area contributed by atoms with Crippen LogP contribution in [0.25, 0.3) is 11.0 Å². The number of fused-ring (bicyclic) bond motifs is 1. The van der Waals surface area contributed by atoms with E-state index in [0.717, 1.165) is 0 Å². The minimum absolute atomic E-state index is 0.00293. The van der Waals surface area contributed by atoms with Crippen LogP contribution in [0.2, 0.25) is 0 Å². The summed E-state index contributed by atoms with van der Waals surface area (Å²) < 4.78 is 44.3. The van der Waals surface area contributed by atoms with E-state index < -0.39 is 73.8 Å². The van der Waals surface area contributed by atoms with Crippen molar-refractivity contribution in [3.8, 4) is 5.88 Å². The third-order valence-corrected chi connectivity index (χ3v) is 9.71. The van der Waals surface area contributed by atoms with E-state index in [9.17, 15) is 27.6 Å². The second-order valence-corrected chi connectivity index (χ2v) is 16.3. The quantitative estimate of drug-likeness (QED) is 0.299. The summed E-state index contributed by atoms with van der Waals surface area (Å²) in [7, 11) is -3.91. The summed E-state index contributed by atoms with van der Waals surface area (Å²) in [5.74, 6) is -1.96. The van der Waals surface area contributed by atoms with Gasteiger partial charge in [-0.15, -0.1) is 6.58 Å². The molecule has 3 N–H and O–H groups in total. The van der Waals surface area contributed by atoms with E-state index in [1.165, 1.54) is 30.4 Å². The predicted octanol–water partition coefficient (Wildman–Crippen LogP) is 3.17. The predicted molar refractivity (Wildman–Crippen MR) is 173 cm³/mol. The highest BCUT2D eigenvalue weighted by atomic mass is 32.2. The zero-order valence-corrected chi connectivity index (χ0v) is 28.7. The molecule has 0 spiro atoms. The number of ether oxygens (including phenoxy) is 2. The molecule has 2 fully saturated rings. The number of rotatable bonds is 11. The van der Waals surface area contributed by atoms with Crippen LogP contribution in [-0.2, 0) is 29.1 Å². The van der Waals surface area contributed by atoms with Gasteiger partial charge in [-0.3, -0.25) is 19.1 Å². The monoisotopic (exact) mass is 675 g/mol. The van der Waals surface area contributed by atoms with Gasteiger partial charge in [0.15, 0.2) is 0 Å². The lowest BCUT2D eigenvalue weighted by molar-refractivity contribution is -0.143. The van der Waals surface area contributed by atoms with Gasteiger partial charge in [0.05, 0.1) is 23.4 Å². The largest absolute Gasteiger partial charge is 0.472 e. The summed E-state index contributed by atoms with van der Waals surface area (Å²) in [6, 6.07) is 1.08. The van der Waals surface area contributed by atoms with Gasteiger partial charge in [0.25, 0.3) is 5.91 Å². The normalized spacial score (nSPS) is 20.5. The number of aromatic nitrogens is 1. The third-order valence-electron chi connectivity index (χ3n) is 7.90. The SMILES string of the molecule is C=CC[C@@](C)(NC(=O)[C@@H]1C[C@@H](Oc2nccc3occc23)CN1C(=O)[C@@H](NC(=O)OC(C)(C)C)C(C)(C)C)C(=O)NS(=O)(=O)C1CC1. The van der Waals surface area contributed by atoms with E-state index in [1.807, 2.05) is 0 Å². The zero-order chi connectivity index (χ0) is 34.9. The topological polar surface area (TPSA) is 186 Å². The molecule has 1 saturated heterocycles. The Labute approximate surface area is 275 Å². The number of hydrogen-bond donors (Lipinski definition) is 3. The van der Waals surface area contributed by atoms with Gasteiger partial charge in [0.1, 0.15) is 34.9 Å². The van der Waals surface area contributed by atoms with Crippen LogP contribution in [0.1, 0.15) is 74.1 Å². The van der Waals surface area contributed by atoms with Gasteiger partial charge in [0, 0.05) is 12.6 Å². The number of hydrogen-bond acceptors (Lipinski definition) is 10. The molecule has 0 bridgehead atoms. The molecular formula is C32H45N5O9S.